The van der Waals surface area contributed by atoms with Crippen molar-refractivity contribution in [3.63, 3.8) is 0 Å². The number of nitrogens with one attached hydrogen (secondary N) is 1. The van der Waals surface area contributed by atoms with Crippen molar-refractivity contribution < 1.29 is 9.47 Å². The van der Waals surface area contributed by atoms with Crippen LogP contribution < -0.4 is 10.3 Å². The van der Waals surface area contributed by atoms with Gasteiger partial charge in [0.05, 0.1) is 18.2 Å². The van der Waals surface area contributed by atoms with Gasteiger partial charge >= 0.3 is 0 Å². The van der Waals surface area contributed by atoms with Gasteiger partial charge in [-0.1, -0.05) is 31.2 Å². The predicted molar refractivity (Wildman–Crippen MR) is 156 cm³/mol. The van der Waals surface area contributed by atoms with Crippen LogP contribution in [0.4, 0.5) is 0 Å². The lowest BCUT2D eigenvalue weighted by atomic mass is 9.98. The molecule has 1 saturated heterocycles. The number of tetrazole rings is 1. The predicted octanol–water partition coefficient (Wildman–Crippen LogP) is 5.14. The molecule has 40 heavy (non-hydrogen) atoms. The first kappa shape index (κ1) is 28.0. The van der Waals surface area contributed by atoms with Crippen LogP contribution in [0.1, 0.15) is 75.5 Å². The molecule has 0 aliphatic carbocycles. The molecule has 9 heteroatoms. The molecule has 2 atom stereocenters. The van der Waals surface area contributed by atoms with Gasteiger partial charge in [-0.2, -0.15) is 0 Å². The molecule has 1 N–H and O–H groups in total. The summed E-state index contributed by atoms with van der Waals surface area (Å²) < 4.78 is 13.7. The molecule has 4 aromatic rings. The number of H-pyrrole nitrogens is 1. The minimum atomic E-state index is -0.494. The minimum absolute atomic E-state index is 0.0656. The number of nitrogens with zero attached hydrogens (tertiary/aromatic N) is 5. The van der Waals surface area contributed by atoms with Gasteiger partial charge in [0.25, 0.3) is 5.56 Å². The van der Waals surface area contributed by atoms with Gasteiger partial charge in [-0.05, 0) is 98.2 Å². The van der Waals surface area contributed by atoms with Crippen molar-refractivity contribution in [1.82, 2.24) is 30.1 Å². The van der Waals surface area contributed by atoms with Crippen LogP contribution in [0.3, 0.4) is 0 Å². The quantitative estimate of drug-likeness (QED) is 0.279. The van der Waals surface area contributed by atoms with E-state index in [1.807, 2.05) is 42.8 Å². The Morgan fingerprint density at radius 2 is 1.98 bits per heavy atom. The highest BCUT2D eigenvalue weighted by Gasteiger charge is 2.36. The van der Waals surface area contributed by atoms with E-state index in [-0.39, 0.29) is 17.2 Å². The third-order valence-electron chi connectivity index (χ3n) is 7.95. The fourth-order valence-corrected chi connectivity index (χ4v) is 5.38. The third kappa shape index (κ3) is 5.95. The number of aromatic nitrogens is 5. The normalized spacial score (nSPS) is 16.6. The van der Waals surface area contributed by atoms with E-state index in [1.54, 1.807) is 0 Å². The lowest BCUT2D eigenvalue weighted by Crippen LogP contribution is -2.41. The number of benzene rings is 2. The summed E-state index contributed by atoms with van der Waals surface area (Å²) in [4.78, 5) is 19.3. The molecule has 2 aromatic carbocycles. The Labute approximate surface area is 235 Å². The van der Waals surface area contributed by atoms with Gasteiger partial charge in [0, 0.05) is 30.8 Å². The topological polar surface area (TPSA) is 98.2 Å². The fraction of sp³-hybridized carbons (Fsp3) is 0.484. The average molecular weight is 545 g/mol. The molecular weight excluding hydrogens is 504 g/mol. The lowest BCUT2D eigenvalue weighted by Gasteiger charge is -2.34. The molecule has 1 fully saturated rings. The smallest absolute Gasteiger partial charge is 0.253 e. The number of aryl methyl sites for hydroxylation is 1. The third-order valence-corrected chi connectivity index (χ3v) is 7.95. The van der Waals surface area contributed by atoms with Crippen LogP contribution in [0.25, 0.3) is 10.9 Å². The first-order valence-corrected chi connectivity index (χ1v) is 14.3. The van der Waals surface area contributed by atoms with E-state index < -0.39 is 6.04 Å². The van der Waals surface area contributed by atoms with E-state index in [4.69, 9.17) is 9.47 Å². The van der Waals surface area contributed by atoms with Crippen molar-refractivity contribution in [3.8, 4) is 5.75 Å². The first-order valence-electron chi connectivity index (χ1n) is 14.3. The monoisotopic (exact) mass is 544 g/mol. The molecule has 0 bridgehead atoms. The SMILES string of the molecule is CCOc1ccc(CN(CC2CCCO2)C(c2cc3ccc(C)cc3[nH]c2=O)c2nnnn2C(C)(C)CC)cc1. The average Bonchev–Trinajstić information content (AvgIpc) is 3.63. The summed E-state index contributed by atoms with van der Waals surface area (Å²) in [6.07, 6.45) is 2.90. The number of pyridine rings is 1. The van der Waals surface area contributed by atoms with E-state index in [2.05, 4.69) is 70.4 Å². The van der Waals surface area contributed by atoms with Gasteiger partial charge in [-0.3, -0.25) is 9.69 Å². The van der Waals surface area contributed by atoms with Gasteiger partial charge in [0.2, 0.25) is 0 Å². The van der Waals surface area contributed by atoms with E-state index in [0.29, 0.717) is 31.1 Å². The fourth-order valence-electron chi connectivity index (χ4n) is 5.38. The highest BCUT2D eigenvalue weighted by Crippen LogP contribution is 2.33. The molecule has 2 aromatic heterocycles. The van der Waals surface area contributed by atoms with E-state index in [1.165, 1.54) is 0 Å². The first-order chi connectivity index (χ1) is 19.3. The van der Waals surface area contributed by atoms with Crippen molar-refractivity contribution >= 4 is 10.9 Å². The molecular formula is C31H40N6O3. The number of hydrogen-bond donors (Lipinski definition) is 1. The molecule has 1 aliphatic heterocycles. The van der Waals surface area contributed by atoms with Gasteiger partial charge in [-0.25, -0.2) is 4.68 Å². The Morgan fingerprint density at radius 3 is 2.67 bits per heavy atom. The van der Waals surface area contributed by atoms with Gasteiger partial charge in [0.1, 0.15) is 11.8 Å². The molecule has 0 spiro atoms. The minimum Gasteiger partial charge on any atom is -0.494 e. The number of aromatic amines is 1. The standard InChI is InChI=1S/C31H40N6O3/c1-6-31(4,5)37-29(33-34-35-37)28(26-18-23-13-10-21(3)17-27(23)32-30(26)38)36(20-25-9-8-16-40-25)19-22-11-14-24(15-12-22)39-7-2/h10-15,17-18,25,28H,6-9,16,19-20H2,1-5H3,(H,32,38). The summed E-state index contributed by atoms with van der Waals surface area (Å²) in [6, 6.07) is 15.8. The van der Waals surface area contributed by atoms with E-state index in [0.717, 1.165) is 53.6 Å². The Bertz CT molecular complexity index is 1490. The molecule has 2 unspecified atom stereocenters. The van der Waals surface area contributed by atoms with Gasteiger partial charge in [0.15, 0.2) is 5.82 Å². The number of hydrogen-bond acceptors (Lipinski definition) is 7. The summed E-state index contributed by atoms with van der Waals surface area (Å²) in [5, 5.41) is 14.1. The maximum absolute atomic E-state index is 13.8. The van der Waals surface area contributed by atoms with Crippen molar-refractivity contribution in [2.24, 2.45) is 0 Å². The Kier molecular flexibility index (Phi) is 8.32. The second-order valence-corrected chi connectivity index (χ2v) is 11.3. The van der Waals surface area contributed by atoms with Crippen LogP contribution in [0, 0.1) is 6.92 Å². The summed E-state index contributed by atoms with van der Waals surface area (Å²) >= 11 is 0. The second-order valence-electron chi connectivity index (χ2n) is 11.3. The highest BCUT2D eigenvalue weighted by molar-refractivity contribution is 5.79. The number of rotatable bonds is 11. The lowest BCUT2D eigenvalue weighted by molar-refractivity contribution is 0.0562. The highest BCUT2D eigenvalue weighted by atomic mass is 16.5. The van der Waals surface area contributed by atoms with Crippen LogP contribution in [0.15, 0.2) is 53.3 Å². The van der Waals surface area contributed by atoms with Crippen molar-refractivity contribution in [1.29, 1.82) is 0 Å². The Hall–Kier alpha value is -3.56. The molecule has 212 valence electrons. The molecule has 1 aliphatic rings. The summed E-state index contributed by atoms with van der Waals surface area (Å²) in [7, 11) is 0. The van der Waals surface area contributed by atoms with Gasteiger partial charge < -0.3 is 14.5 Å². The van der Waals surface area contributed by atoms with Crippen LogP contribution >= 0.6 is 0 Å². The van der Waals surface area contributed by atoms with Crippen LogP contribution in [0.5, 0.6) is 5.75 Å². The van der Waals surface area contributed by atoms with Gasteiger partial charge in [-0.15, -0.1) is 5.10 Å². The number of ether oxygens (including phenoxy) is 2. The molecule has 5 rings (SSSR count). The maximum atomic E-state index is 13.8. The molecule has 3 heterocycles. The molecule has 0 amide bonds. The maximum Gasteiger partial charge on any atom is 0.253 e. The molecule has 0 saturated carbocycles. The van der Waals surface area contributed by atoms with Crippen molar-refractivity contribution in [3.05, 3.63) is 81.4 Å². The molecule has 0 radical (unpaired) electrons. The van der Waals surface area contributed by atoms with Crippen LogP contribution in [-0.4, -0.2) is 56.0 Å². The summed E-state index contributed by atoms with van der Waals surface area (Å²) in [5.74, 6) is 1.48. The van der Waals surface area contributed by atoms with Crippen LogP contribution in [-0.2, 0) is 16.8 Å². The number of fused-ring (bicyclic) bond motifs is 1. The summed E-state index contributed by atoms with van der Waals surface area (Å²) in [5.41, 5.74) is 3.15. The summed E-state index contributed by atoms with van der Waals surface area (Å²) in [6.45, 7) is 13.0. The van der Waals surface area contributed by atoms with Crippen molar-refractivity contribution in [2.75, 3.05) is 19.8 Å². The Morgan fingerprint density at radius 1 is 1.18 bits per heavy atom. The Balaban J connectivity index is 1.66. The largest absolute Gasteiger partial charge is 0.494 e. The van der Waals surface area contributed by atoms with Crippen molar-refractivity contribution in [2.45, 2.75) is 78.1 Å². The zero-order valence-electron chi connectivity index (χ0n) is 24.2. The van der Waals surface area contributed by atoms with E-state index >= 15 is 0 Å². The second kappa shape index (κ2) is 11.9. The molecule has 9 nitrogen and oxygen atoms in total. The zero-order chi connectivity index (χ0) is 28.3. The van der Waals surface area contributed by atoms with E-state index in [9.17, 15) is 4.79 Å². The van der Waals surface area contributed by atoms with Crippen LogP contribution in [0.2, 0.25) is 0 Å². The zero-order valence-corrected chi connectivity index (χ0v) is 24.2.